The van der Waals surface area contributed by atoms with Gasteiger partial charge in [0.1, 0.15) is 11.4 Å². The number of carbonyl (C=O) groups is 1. The Morgan fingerprint density at radius 1 is 1.25 bits per heavy atom. The average Bonchev–Trinajstić information content (AvgIpc) is 3.12. The summed E-state index contributed by atoms with van der Waals surface area (Å²) < 4.78 is 10.5. The molecule has 0 saturated carbocycles. The first kappa shape index (κ1) is 16.1. The molecule has 2 amide bonds. The summed E-state index contributed by atoms with van der Waals surface area (Å²) in [6.45, 7) is 0.719. The molecule has 126 valence electrons. The van der Waals surface area contributed by atoms with Crippen molar-refractivity contribution in [3.8, 4) is 11.6 Å². The molecule has 6 nitrogen and oxygen atoms in total. The van der Waals surface area contributed by atoms with Crippen molar-refractivity contribution in [1.29, 1.82) is 0 Å². The molecule has 2 aromatic rings. The van der Waals surface area contributed by atoms with Crippen LogP contribution in [0.4, 0.5) is 10.5 Å². The van der Waals surface area contributed by atoms with Gasteiger partial charge in [-0.1, -0.05) is 12.1 Å². The quantitative estimate of drug-likeness (QED) is 0.934. The third-order valence-electron chi connectivity index (χ3n) is 4.20. The van der Waals surface area contributed by atoms with Crippen LogP contribution in [0, 0.1) is 0 Å². The Labute approximate surface area is 141 Å². The van der Waals surface area contributed by atoms with Crippen LogP contribution in [0.3, 0.4) is 0 Å². The minimum atomic E-state index is -0.147. The third kappa shape index (κ3) is 3.27. The van der Waals surface area contributed by atoms with Gasteiger partial charge >= 0.3 is 6.03 Å². The maximum Gasteiger partial charge on any atom is 0.322 e. The lowest BCUT2D eigenvalue weighted by atomic mass is 10.0. The first-order valence-corrected chi connectivity index (χ1v) is 7.93. The van der Waals surface area contributed by atoms with E-state index < -0.39 is 0 Å². The number of likely N-dealkylation sites (tertiary alicyclic amines) is 1. The van der Waals surface area contributed by atoms with Crippen molar-refractivity contribution >= 4 is 11.7 Å². The molecule has 1 aliphatic rings. The van der Waals surface area contributed by atoms with Gasteiger partial charge < -0.3 is 19.7 Å². The highest BCUT2D eigenvalue weighted by Crippen LogP contribution is 2.34. The highest BCUT2D eigenvalue weighted by molar-refractivity contribution is 5.91. The van der Waals surface area contributed by atoms with Gasteiger partial charge in [-0.2, -0.15) is 0 Å². The number of hydrogen-bond acceptors (Lipinski definition) is 4. The summed E-state index contributed by atoms with van der Waals surface area (Å²) in [6, 6.07) is 11.3. The fraction of sp³-hybridized carbons (Fsp3) is 0.333. The van der Waals surface area contributed by atoms with Gasteiger partial charge in [0, 0.05) is 12.7 Å². The fourth-order valence-electron chi connectivity index (χ4n) is 3.04. The predicted octanol–water partition coefficient (Wildman–Crippen LogP) is 3.47. The molecule has 1 N–H and O–H groups in total. The van der Waals surface area contributed by atoms with Gasteiger partial charge in [-0.25, -0.2) is 9.78 Å². The van der Waals surface area contributed by atoms with Crippen molar-refractivity contribution in [1.82, 2.24) is 9.88 Å². The zero-order chi connectivity index (χ0) is 16.9. The van der Waals surface area contributed by atoms with Crippen LogP contribution >= 0.6 is 0 Å². The first-order valence-electron chi connectivity index (χ1n) is 7.93. The fourth-order valence-corrected chi connectivity index (χ4v) is 3.04. The molecule has 1 aromatic heterocycles. The van der Waals surface area contributed by atoms with E-state index in [2.05, 4.69) is 10.3 Å². The maximum absolute atomic E-state index is 12.7. The molecule has 0 radical (unpaired) electrons. The van der Waals surface area contributed by atoms with Crippen molar-refractivity contribution in [3.63, 3.8) is 0 Å². The molecule has 0 spiro atoms. The number of benzene rings is 1. The normalized spacial score (nSPS) is 16.8. The number of pyridine rings is 1. The van der Waals surface area contributed by atoms with E-state index >= 15 is 0 Å². The molecule has 3 rings (SSSR count). The van der Waals surface area contributed by atoms with E-state index in [-0.39, 0.29) is 12.1 Å². The molecule has 1 fully saturated rings. The van der Waals surface area contributed by atoms with Gasteiger partial charge in [-0.3, -0.25) is 0 Å². The zero-order valence-electron chi connectivity index (χ0n) is 13.9. The molecule has 1 aromatic carbocycles. The van der Waals surface area contributed by atoms with Gasteiger partial charge in [-0.15, -0.1) is 0 Å². The number of anilines is 1. The van der Waals surface area contributed by atoms with Crippen LogP contribution in [0.5, 0.6) is 11.6 Å². The maximum atomic E-state index is 12.7. The summed E-state index contributed by atoms with van der Waals surface area (Å²) in [5.41, 5.74) is 1.65. The SMILES string of the molecule is COc1cccc(C2CCCN2C(=O)Nc2cccnc2OC)c1. The lowest BCUT2D eigenvalue weighted by Gasteiger charge is -2.25. The van der Waals surface area contributed by atoms with E-state index in [0.717, 1.165) is 30.7 Å². The molecule has 24 heavy (non-hydrogen) atoms. The van der Waals surface area contributed by atoms with E-state index in [4.69, 9.17) is 9.47 Å². The molecular formula is C18H21N3O3. The topological polar surface area (TPSA) is 63.7 Å². The molecule has 0 aliphatic carbocycles. The Morgan fingerprint density at radius 3 is 2.92 bits per heavy atom. The Kier molecular flexibility index (Phi) is 4.84. The molecule has 6 heteroatoms. The molecule has 0 bridgehead atoms. The van der Waals surface area contributed by atoms with Gasteiger partial charge in [0.2, 0.25) is 5.88 Å². The van der Waals surface area contributed by atoms with Gasteiger partial charge in [0.25, 0.3) is 0 Å². The summed E-state index contributed by atoms with van der Waals surface area (Å²) in [5.74, 6) is 1.21. The molecule has 1 aliphatic heterocycles. The zero-order valence-corrected chi connectivity index (χ0v) is 13.9. The number of rotatable bonds is 4. The Bertz CT molecular complexity index is 720. The van der Waals surface area contributed by atoms with Crippen LogP contribution in [-0.4, -0.2) is 36.7 Å². The second-order valence-corrected chi connectivity index (χ2v) is 5.62. The lowest BCUT2D eigenvalue weighted by Crippen LogP contribution is -2.34. The molecule has 2 heterocycles. The highest BCUT2D eigenvalue weighted by Gasteiger charge is 2.30. The monoisotopic (exact) mass is 327 g/mol. The van der Waals surface area contributed by atoms with Crippen LogP contribution in [-0.2, 0) is 0 Å². The lowest BCUT2D eigenvalue weighted by molar-refractivity contribution is 0.207. The summed E-state index contributed by atoms with van der Waals surface area (Å²) in [4.78, 5) is 18.7. The van der Waals surface area contributed by atoms with E-state index in [0.29, 0.717) is 11.6 Å². The second-order valence-electron chi connectivity index (χ2n) is 5.62. The number of nitrogens with one attached hydrogen (secondary N) is 1. The number of hydrogen-bond donors (Lipinski definition) is 1. The number of amides is 2. The smallest absolute Gasteiger partial charge is 0.322 e. The first-order chi connectivity index (χ1) is 11.7. The Hall–Kier alpha value is -2.76. The van der Waals surface area contributed by atoms with Crippen molar-refractivity contribution in [2.45, 2.75) is 18.9 Å². The van der Waals surface area contributed by atoms with Crippen molar-refractivity contribution in [2.75, 3.05) is 26.1 Å². The van der Waals surface area contributed by atoms with Crippen LogP contribution in [0.2, 0.25) is 0 Å². The molecular weight excluding hydrogens is 306 g/mol. The predicted molar refractivity (Wildman–Crippen MR) is 91.5 cm³/mol. The Morgan fingerprint density at radius 2 is 2.12 bits per heavy atom. The third-order valence-corrected chi connectivity index (χ3v) is 4.20. The van der Waals surface area contributed by atoms with E-state index in [1.165, 1.54) is 7.11 Å². The average molecular weight is 327 g/mol. The number of ether oxygens (including phenoxy) is 2. The van der Waals surface area contributed by atoms with Crippen LogP contribution in [0.25, 0.3) is 0 Å². The van der Waals surface area contributed by atoms with Gasteiger partial charge in [0.15, 0.2) is 0 Å². The summed E-state index contributed by atoms with van der Waals surface area (Å²) >= 11 is 0. The largest absolute Gasteiger partial charge is 0.497 e. The summed E-state index contributed by atoms with van der Waals surface area (Å²) in [5, 5.41) is 2.90. The molecule has 1 atom stereocenters. The van der Waals surface area contributed by atoms with Gasteiger partial charge in [0.05, 0.1) is 20.3 Å². The van der Waals surface area contributed by atoms with Crippen LogP contribution in [0.1, 0.15) is 24.4 Å². The standard InChI is InChI=1S/C18H21N3O3/c1-23-14-7-3-6-13(12-14)16-9-5-11-21(16)18(22)20-15-8-4-10-19-17(15)24-2/h3-4,6-8,10,12,16H,5,9,11H2,1-2H3,(H,20,22). The Balaban J connectivity index is 1.78. The minimum absolute atomic E-state index is 0.0442. The van der Waals surface area contributed by atoms with Crippen LogP contribution in [0.15, 0.2) is 42.6 Å². The number of urea groups is 1. The van der Waals surface area contributed by atoms with Crippen molar-refractivity contribution in [2.24, 2.45) is 0 Å². The molecule has 1 unspecified atom stereocenters. The number of nitrogens with zero attached hydrogens (tertiary/aromatic N) is 2. The minimum Gasteiger partial charge on any atom is -0.497 e. The van der Waals surface area contributed by atoms with E-state index in [1.807, 2.05) is 29.2 Å². The summed E-state index contributed by atoms with van der Waals surface area (Å²) in [7, 11) is 3.18. The van der Waals surface area contributed by atoms with Crippen molar-refractivity contribution in [3.05, 3.63) is 48.2 Å². The second kappa shape index (κ2) is 7.21. The number of methoxy groups -OCH3 is 2. The molecule has 1 saturated heterocycles. The number of aromatic nitrogens is 1. The van der Waals surface area contributed by atoms with Crippen molar-refractivity contribution < 1.29 is 14.3 Å². The van der Waals surface area contributed by atoms with E-state index in [1.54, 1.807) is 25.4 Å². The van der Waals surface area contributed by atoms with Gasteiger partial charge in [-0.05, 0) is 42.7 Å². The number of carbonyl (C=O) groups excluding carboxylic acids is 1. The highest BCUT2D eigenvalue weighted by atomic mass is 16.5. The summed E-state index contributed by atoms with van der Waals surface area (Å²) in [6.07, 6.45) is 3.54. The van der Waals surface area contributed by atoms with Crippen LogP contribution < -0.4 is 14.8 Å². The van der Waals surface area contributed by atoms with E-state index in [9.17, 15) is 4.79 Å².